The van der Waals surface area contributed by atoms with Gasteiger partial charge >= 0.3 is 29.8 Å². The first-order valence-corrected chi connectivity index (χ1v) is 27.3. The van der Waals surface area contributed by atoms with Gasteiger partial charge in [-0.25, -0.2) is 4.79 Å². The molecule has 2 N–H and O–H groups in total. The van der Waals surface area contributed by atoms with Crippen LogP contribution >= 0.6 is 7.37 Å². The zero-order valence-corrected chi connectivity index (χ0v) is 49.6. The number of carbonyl (C=O) groups is 6. The van der Waals surface area contributed by atoms with Crippen molar-refractivity contribution in [1.29, 1.82) is 0 Å². The second-order valence-electron chi connectivity index (χ2n) is 26.0. The molecule has 0 aliphatic carbocycles. The molecule has 2 unspecified atom stereocenters. The number of ether oxygens (including phenoxy) is 6. The van der Waals surface area contributed by atoms with Gasteiger partial charge in [-0.3, -0.25) is 28.5 Å². The zero-order chi connectivity index (χ0) is 58.4. The number of aromatic hydroxyl groups is 1. The van der Waals surface area contributed by atoms with E-state index in [0.717, 1.165) is 6.08 Å². The molecule has 0 bridgehead atoms. The number of para-hydroxylation sites is 1. The van der Waals surface area contributed by atoms with Gasteiger partial charge in [-0.2, -0.15) is 0 Å². The van der Waals surface area contributed by atoms with E-state index in [1.54, 1.807) is 161 Å². The Morgan fingerprint density at radius 3 is 1.49 bits per heavy atom. The van der Waals surface area contributed by atoms with Crippen LogP contribution < -0.4 is 5.30 Å². The molecule has 0 aliphatic heterocycles. The summed E-state index contributed by atoms with van der Waals surface area (Å²) in [6.07, 6.45) is 1.22. The molecule has 0 fully saturated rings. The molecule has 2 atom stereocenters. The van der Waals surface area contributed by atoms with E-state index in [9.17, 15) is 43.3 Å². The van der Waals surface area contributed by atoms with Crippen molar-refractivity contribution in [2.75, 3.05) is 6.16 Å². The molecule has 0 aliphatic rings. The van der Waals surface area contributed by atoms with Crippen LogP contribution in [-0.4, -0.2) is 91.0 Å². The van der Waals surface area contributed by atoms with Gasteiger partial charge in [0.05, 0.1) is 28.8 Å². The van der Waals surface area contributed by atoms with Crippen molar-refractivity contribution < 1.29 is 71.8 Å². The third-order valence-corrected chi connectivity index (χ3v) is 15.3. The summed E-state index contributed by atoms with van der Waals surface area (Å²) in [4.78, 5) is 93.0. The Morgan fingerprint density at radius 1 is 0.560 bits per heavy atom. The Balaban J connectivity index is 2.41. The minimum absolute atomic E-state index is 0.0222. The smallest absolute Gasteiger partial charge is 0.330 e. The highest BCUT2D eigenvalue weighted by molar-refractivity contribution is 7.66. The van der Waals surface area contributed by atoms with E-state index >= 15 is 0 Å². The fourth-order valence-electron chi connectivity index (χ4n) is 10.2. The summed E-state index contributed by atoms with van der Waals surface area (Å²) in [7, 11) is -4.56. The van der Waals surface area contributed by atoms with Crippen LogP contribution in [0.4, 0.5) is 0 Å². The molecular weight excluding hydrogens is 980 g/mol. The van der Waals surface area contributed by atoms with E-state index in [-0.39, 0.29) is 47.2 Å². The number of rotatable bonds is 28. The standard InChI is InChI=1S/C59H89O15P/c1-23-44(61)58(19,20)74-57(17,18)38-54(11,12)69-46(63)33-39(34-75(67,68)43-32-28-26-30-41(43)40-29-25-27-31-42(40)60)47(64)71-55(13,14)37-56(15,16)73-49(66)51(5,6)35-50(3,4)48(65)72-53(9,10)36-52(7,8)59(21,22)70-45(62)24-2/h23-32,39,60H,1-2,33-38H2,3-22H3,(H,67,68). The lowest BCUT2D eigenvalue weighted by Crippen LogP contribution is -2.49. The minimum Gasteiger partial charge on any atom is -0.507 e. The first kappa shape index (κ1) is 66.0. The molecular formula is C59H89O15P. The molecule has 0 aromatic heterocycles. The first-order valence-electron chi connectivity index (χ1n) is 25.4. The SMILES string of the molecule is C=CC(=O)OC(C)(C)C(C)(C)CC(C)(C)OC(=O)C(C)(C)CC(C)(C)C(=O)OC(C)(C)CC(C)(C)OC(=O)C(CC(=O)OC(C)(C)CC(C)(C)OC(C)(C)C(=O)C=C)CP(=O)(O)c1ccccc1-c1ccccc1O. The van der Waals surface area contributed by atoms with Gasteiger partial charge in [0, 0.05) is 41.4 Å². The van der Waals surface area contributed by atoms with E-state index in [2.05, 4.69) is 13.2 Å². The minimum atomic E-state index is -4.56. The van der Waals surface area contributed by atoms with Crippen LogP contribution in [0.1, 0.15) is 171 Å². The number of phenols is 1. The van der Waals surface area contributed by atoms with Crippen molar-refractivity contribution in [3.05, 3.63) is 73.8 Å². The molecule has 0 saturated carbocycles. The monoisotopic (exact) mass is 1070 g/mol. The van der Waals surface area contributed by atoms with Crippen LogP contribution in [0.2, 0.25) is 0 Å². The first-order chi connectivity index (χ1) is 33.6. The molecule has 420 valence electrons. The average molecular weight is 1070 g/mol. The van der Waals surface area contributed by atoms with Crippen LogP contribution in [0.15, 0.2) is 73.8 Å². The van der Waals surface area contributed by atoms with Crippen molar-refractivity contribution in [3.63, 3.8) is 0 Å². The van der Waals surface area contributed by atoms with Crippen LogP contribution in [0.5, 0.6) is 5.75 Å². The van der Waals surface area contributed by atoms with Crippen molar-refractivity contribution >= 4 is 48.3 Å². The van der Waals surface area contributed by atoms with Crippen molar-refractivity contribution in [2.24, 2.45) is 22.2 Å². The quantitative estimate of drug-likeness (QED) is 0.0351. The lowest BCUT2D eigenvalue weighted by atomic mass is 9.70. The lowest BCUT2D eigenvalue weighted by Gasteiger charge is -2.45. The molecule has 75 heavy (non-hydrogen) atoms. The highest BCUT2D eigenvalue weighted by Gasteiger charge is 2.49. The van der Waals surface area contributed by atoms with Gasteiger partial charge in [0.15, 0.2) is 5.78 Å². The van der Waals surface area contributed by atoms with Crippen molar-refractivity contribution in [3.8, 4) is 16.9 Å². The van der Waals surface area contributed by atoms with E-state index < -0.39 is 111 Å². The highest BCUT2D eigenvalue weighted by Crippen LogP contribution is 2.48. The Hall–Kier alpha value is -5.11. The summed E-state index contributed by atoms with van der Waals surface area (Å²) >= 11 is 0. The van der Waals surface area contributed by atoms with Crippen LogP contribution in [0.3, 0.4) is 0 Å². The predicted octanol–water partition coefficient (Wildman–Crippen LogP) is 11.7. The Bertz CT molecular complexity index is 2480. The molecule has 2 aromatic rings. The number of benzene rings is 2. The summed E-state index contributed by atoms with van der Waals surface area (Å²) in [6, 6.07) is 12.5. The van der Waals surface area contributed by atoms with E-state index in [4.69, 9.17) is 28.4 Å². The normalized spacial score (nSPS) is 14.6. The largest absolute Gasteiger partial charge is 0.507 e. The molecule has 2 aromatic carbocycles. The molecule has 2 rings (SSSR count). The van der Waals surface area contributed by atoms with Gasteiger partial charge in [0.2, 0.25) is 7.37 Å². The van der Waals surface area contributed by atoms with E-state index in [1.807, 2.05) is 13.8 Å². The van der Waals surface area contributed by atoms with Gasteiger partial charge in [-0.05, 0) is 161 Å². The van der Waals surface area contributed by atoms with E-state index in [1.165, 1.54) is 18.2 Å². The number of hydrogen-bond acceptors (Lipinski definition) is 14. The summed E-state index contributed by atoms with van der Waals surface area (Å²) in [5.74, 6) is -5.65. The van der Waals surface area contributed by atoms with Crippen molar-refractivity contribution in [1.82, 2.24) is 0 Å². The highest BCUT2D eigenvalue weighted by atomic mass is 31.2. The van der Waals surface area contributed by atoms with Crippen LogP contribution in [0.25, 0.3) is 11.1 Å². The Labute approximate surface area is 447 Å². The zero-order valence-electron chi connectivity index (χ0n) is 48.7. The fraction of sp³-hybridized carbons (Fsp3) is 0.627. The Kier molecular flexibility index (Phi) is 20.8. The second kappa shape index (κ2) is 23.6. The molecule has 16 heteroatoms. The topological polar surface area (TPSA) is 215 Å². The average Bonchev–Trinajstić information content (AvgIpc) is 3.19. The molecule has 0 amide bonds. The fourth-order valence-corrected chi connectivity index (χ4v) is 12.1. The van der Waals surface area contributed by atoms with Gasteiger partial charge in [-0.1, -0.05) is 63.4 Å². The maximum atomic E-state index is 14.6. The third-order valence-electron chi connectivity index (χ3n) is 13.2. The summed E-state index contributed by atoms with van der Waals surface area (Å²) in [5.41, 5.74) is -10.6. The lowest BCUT2D eigenvalue weighted by molar-refractivity contribution is -0.187. The summed E-state index contributed by atoms with van der Waals surface area (Å²) < 4.78 is 50.7. The molecule has 0 saturated heterocycles. The number of ketones is 1. The van der Waals surface area contributed by atoms with Crippen LogP contribution in [0, 0.1) is 22.2 Å². The number of phenolic OH excluding ortho intramolecular Hbond substituents is 1. The Morgan fingerprint density at radius 2 is 1.00 bits per heavy atom. The second-order valence-corrected chi connectivity index (χ2v) is 28.2. The molecule has 0 heterocycles. The van der Waals surface area contributed by atoms with Gasteiger partial charge < -0.3 is 38.4 Å². The number of carbonyl (C=O) groups excluding carboxylic acids is 6. The molecule has 15 nitrogen and oxygen atoms in total. The third kappa shape index (κ3) is 19.4. The number of esters is 5. The van der Waals surface area contributed by atoms with E-state index in [0.29, 0.717) is 6.42 Å². The van der Waals surface area contributed by atoms with Crippen molar-refractivity contribution in [2.45, 2.75) is 210 Å². The maximum Gasteiger partial charge on any atom is 0.330 e. The summed E-state index contributed by atoms with van der Waals surface area (Å²) in [6.45, 7) is 41.1. The van der Waals surface area contributed by atoms with Gasteiger partial charge in [0.1, 0.15) is 39.4 Å². The van der Waals surface area contributed by atoms with Gasteiger partial charge in [-0.15, -0.1) is 0 Å². The molecule has 0 spiro atoms. The molecule has 0 radical (unpaired) electrons. The number of hydrogen-bond donors (Lipinski definition) is 2. The predicted molar refractivity (Wildman–Crippen MR) is 291 cm³/mol. The summed E-state index contributed by atoms with van der Waals surface area (Å²) in [5, 5.41) is 10.7. The maximum absolute atomic E-state index is 14.6. The van der Waals surface area contributed by atoms with Crippen LogP contribution in [-0.2, 0) is 61.8 Å². The van der Waals surface area contributed by atoms with Gasteiger partial charge in [0.25, 0.3) is 0 Å².